The predicted octanol–water partition coefficient (Wildman–Crippen LogP) is 3.54. The lowest BCUT2D eigenvalue weighted by Gasteiger charge is -2.13. The summed E-state index contributed by atoms with van der Waals surface area (Å²) >= 11 is 3.49. The molecule has 0 unspecified atom stereocenters. The van der Waals surface area contributed by atoms with Gasteiger partial charge in [0.1, 0.15) is 12.4 Å². The second kappa shape index (κ2) is 8.00. The van der Waals surface area contributed by atoms with Gasteiger partial charge in [-0.1, -0.05) is 22.9 Å². The molecular formula is C16H19BrN2O2. The average Bonchev–Trinajstić information content (AvgIpc) is 2.52. The molecule has 0 saturated carbocycles. The van der Waals surface area contributed by atoms with Gasteiger partial charge in [-0.05, 0) is 36.9 Å². The average molecular weight is 351 g/mol. The first-order valence-electron chi connectivity index (χ1n) is 6.84. The number of rotatable bonds is 7. The molecule has 1 heterocycles. The van der Waals surface area contributed by atoms with E-state index < -0.39 is 0 Å². The van der Waals surface area contributed by atoms with Gasteiger partial charge < -0.3 is 14.8 Å². The number of halogens is 1. The molecule has 0 aliphatic heterocycles. The molecule has 0 radical (unpaired) electrons. The lowest BCUT2D eigenvalue weighted by molar-refractivity contribution is 0.290. The fourth-order valence-electron chi connectivity index (χ4n) is 1.96. The molecule has 2 aromatic rings. The first-order valence-corrected chi connectivity index (χ1v) is 7.63. The molecule has 0 atom stereocenters. The normalized spacial score (nSPS) is 10.4. The van der Waals surface area contributed by atoms with Gasteiger partial charge in [0, 0.05) is 22.8 Å². The molecule has 1 aromatic carbocycles. The largest absolute Gasteiger partial charge is 0.488 e. The maximum atomic E-state index is 5.94. The summed E-state index contributed by atoms with van der Waals surface area (Å²) in [5, 5.41) is 3.32. The van der Waals surface area contributed by atoms with Crippen LogP contribution in [0.25, 0.3) is 0 Å². The maximum Gasteiger partial charge on any atom is 0.219 e. The van der Waals surface area contributed by atoms with E-state index in [0.717, 1.165) is 34.4 Å². The van der Waals surface area contributed by atoms with Crippen molar-refractivity contribution in [3.8, 4) is 11.6 Å². The molecule has 1 aromatic heterocycles. The highest BCUT2D eigenvalue weighted by Gasteiger charge is 2.08. The Hall–Kier alpha value is -1.59. The van der Waals surface area contributed by atoms with Crippen molar-refractivity contribution in [1.29, 1.82) is 0 Å². The molecule has 0 spiro atoms. The van der Waals surface area contributed by atoms with Crippen molar-refractivity contribution < 1.29 is 9.47 Å². The van der Waals surface area contributed by atoms with Crippen molar-refractivity contribution in [2.45, 2.75) is 20.1 Å². The van der Waals surface area contributed by atoms with Crippen molar-refractivity contribution >= 4 is 15.9 Å². The number of nitrogens with zero attached hydrogens (tertiary/aromatic N) is 1. The van der Waals surface area contributed by atoms with Crippen LogP contribution in [0.2, 0.25) is 0 Å². The fourth-order valence-corrected chi connectivity index (χ4v) is 2.37. The third-order valence-corrected chi connectivity index (χ3v) is 3.51. The van der Waals surface area contributed by atoms with E-state index in [1.807, 2.05) is 24.3 Å². The van der Waals surface area contributed by atoms with Gasteiger partial charge in [0.25, 0.3) is 0 Å². The summed E-state index contributed by atoms with van der Waals surface area (Å²) in [7, 11) is 1.61. The molecule has 0 saturated heterocycles. The molecule has 0 bridgehead atoms. The van der Waals surface area contributed by atoms with Gasteiger partial charge >= 0.3 is 0 Å². The quantitative estimate of drug-likeness (QED) is 0.829. The zero-order chi connectivity index (χ0) is 15.1. The minimum Gasteiger partial charge on any atom is -0.488 e. The minimum absolute atomic E-state index is 0.428. The van der Waals surface area contributed by atoms with E-state index in [1.54, 1.807) is 13.3 Å². The number of benzene rings is 1. The van der Waals surface area contributed by atoms with Gasteiger partial charge in [-0.2, -0.15) is 0 Å². The van der Waals surface area contributed by atoms with Crippen LogP contribution in [0.1, 0.15) is 18.1 Å². The second-order valence-electron chi connectivity index (χ2n) is 4.49. The lowest BCUT2D eigenvalue weighted by Crippen LogP contribution is -2.13. The van der Waals surface area contributed by atoms with Crippen LogP contribution in [0, 0.1) is 0 Å². The molecule has 1 N–H and O–H groups in total. The highest BCUT2D eigenvalue weighted by molar-refractivity contribution is 9.10. The number of hydrogen-bond acceptors (Lipinski definition) is 4. The van der Waals surface area contributed by atoms with Crippen LogP contribution < -0.4 is 14.8 Å². The van der Waals surface area contributed by atoms with E-state index in [4.69, 9.17) is 9.47 Å². The summed E-state index contributed by atoms with van der Waals surface area (Å²) in [6.07, 6.45) is 1.71. The van der Waals surface area contributed by atoms with Crippen LogP contribution in [-0.2, 0) is 13.2 Å². The van der Waals surface area contributed by atoms with Crippen molar-refractivity contribution in [2.24, 2.45) is 0 Å². The topological polar surface area (TPSA) is 43.4 Å². The maximum absolute atomic E-state index is 5.94. The van der Waals surface area contributed by atoms with Gasteiger partial charge in [-0.15, -0.1) is 0 Å². The highest BCUT2D eigenvalue weighted by Crippen LogP contribution is 2.25. The third kappa shape index (κ3) is 4.44. The van der Waals surface area contributed by atoms with Gasteiger partial charge in [-0.3, -0.25) is 0 Å². The van der Waals surface area contributed by atoms with Gasteiger partial charge in [0.05, 0.1) is 12.7 Å². The first-order chi connectivity index (χ1) is 10.2. The van der Waals surface area contributed by atoms with E-state index in [9.17, 15) is 0 Å². The first kappa shape index (κ1) is 15.8. The van der Waals surface area contributed by atoms with E-state index >= 15 is 0 Å². The highest BCUT2D eigenvalue weighted by atomic mass is 79.9. The van der Waals surface area contributed by atoms with Gasteiger partial charge in [0.2, 0.25) is 5.88 Å². The monoisotopic (exact) mass is 350 g/mol. The van der Waals surface area contributed by atoms with E-state index in [-0.39, 0.29) is 0 Å². The Bertz CT molecular complexity index is 590. The molecule has 112 valence electrons. The Morgan fingerprint density at radius 2 is 2.10 bits per heavy atom. The number of ether oxygens (including phenoxy) is 2. The number of pyridine rings is 1. The number of methoxy groups -OCH3 is 1. The SMILES string of the molecule is CCNCc1cc(Br)ccc1OCc1cccnc1OC. The van der Waals surface area contributed by atoms with E-state index in [1.165, 1.54) is 0 Å². The number of aromatic nitrogens is 1. The predicted molar refractivity (Wildman–Crippen MR) is 86.6 cm³/mol. The van der Waals surface area contributed by atoms with Crippen molar-refractivity contribution in [3.05, 3.63) is 52.1 Å². The fraction of sp³-hybridized carbons (Fsp3) is 0.312. The summed E-state index contributed by atoms with van der Waals surface area (Å²) in [6, 6.07) is 9.85. The van der Waals surface area contributed by atoms with Gasteiger partial charge in [0.15, 0.2) is 0 Å². The van der Waals surface area contributed by atoms with Crippen molar-refractivity contribution in [2.75, 3.05) is 13.7 Å². The van der Waals surface area contributed by atoms with Crippen LogP contribution in [0.5, 0.6) is 11.6 Å². The van der Waals surface area contributed by atoms with Crippen molar-refractivity contribution in [3.63, 3.8) is 0 Å². The summed E-state index contributed by atoms with van der Waals surface area (Å²) in [5.41, 5.74) is 2.05. The molecule has 0 amide bonds. The molecule has 0 aliphatic rings. The summed E-state index contributed by atoms with van der Waals surface area (Å²) in [5.74, 6) is 1.47. The van der Waals surface area contributed by atoms with Gasteiger partial charge in [-0.25, -0.2) is 4.98 Å². The Kier molecular flexibility index (Phi) is 6.02. The molecule has 2 rings (SSSR count). The van der Waals surface area contributed by atoms with E-state index in [0.29, 0.717) is 12.5 Å². The van der Waals surface area contributed by atoms with E-state index in [2.05, 4.69) is 39.2 Å². The zero-order valence-corrected chi connectivity index (χ0v) is 13.8. The Labute approximate surface area is 133 Å². The van der Waals surface area contributed by atoms with Crippen LogP contribution in [0.15, 0.2) is 41.0 Å². The number of nitrogens with one attached hydrogen (secondary N) is 1. The van der Waals surface area contributed by atoms with Crippen LogP contribution >= 0.6 is 15.9 Å². The molecule has 0 fully saturated rings. The number of hydrogen-bond donors (Lipinski definition) is 1. The smallest absolute Gasteiger partial charge is 0.219 e. The zero-order valence-electron chi connectivity index (χ0n) is 12.2. The Balaban J connectivity index is 2.12. The second-order valence-corrected chi connectivity index (χ2v) is 5.41. The van der Waals surface area contributed by atoms with Crippen LogP contribution in [0.4, 0.5) is 0 Å². The summed E-state index contributed by atoms with van der Waals surface area (Å²) in [4.78, 5) is 4.17. The molecule has 4 nitrogen and oxygen atoms in total. The molecule has 5 heteroatoms. The standard InChI is InChI=1S/C16H19BrN2O2/c1-3-18-10-13-9-14(17)6-7-15(13)21-11-12-5-4-8-19-16(12)20-2/h4-9,18H,3,10-11H2,1-2H3. The Morgan fingerprint density at radius 1 is 1.24 bits per heavy atom. The summed E-state index contributed by atoms with van der Waals surface area (Å²) in [6.45, 7) is 4.20. The summed E-state index contributed by atoms with van der Waals surface area (Å²) < 4.78 is 12.2. The van der Waals surface area contributed by atoms with Crippen molar-refractivity contribution in [1.82, 2.24) is 10.3 Å². The molecular weight excluding hydrogens is 332 g/mol. The van der Waals surface area contributed by atoms with Crippen LogP contribution in [-0.4, -0.2) is 18.6 Å². The van der Waals surface area contributed by atoms with Crippen LogP contribution in [0.3, 0.4) is 0 Å². The molecule has 0 aliphatic carbocycles. The Morgan fingerprint density at radius 3 is 2.86 bits per heavy atom. The lowest BCUT2D eigenvalue weighted by atomic mass is 10.2. The third-order valence-electron chi connectivity index (χ3n) is 3.01. The minimum atomic E-state index is 0.428. The molecule has 21 heavy (non-hydrogen) atoms.